The zero-order valence-corrected chi connectivity index (χ0v) is 15.8. The van der Waals surface area contributed by atoms with Gasteiger partial charge in [-0.1, -0.05) is 0 Å². The Morgan fingerprint density at radius 3 is 2.65 bits per heavy atom. The first-order valence-corrected chi connectivity index (χ1v) is 7.80. The lowest BCUT2D eigenvalue weighted by molar-refractivity contribution is -0.121. The minimum absolute atomic E-state index is 0. The Morgan fingerprint density at radius 2 is 2.00 bits per heavy atom. The van der Waals surface area contributed by atoms with Gasteiger partial charge in [0.2, 0.25) is 5.91 Å². The first kappa shape index (κ1) is 23.9. The molecule has 1 aliphatic rings. The van der Waals surface area contributed by atoms with Crippen molar-refractivity contribution in [2.75, 3.05) is 11.9 Å². The topological polar surface area (TPSA) is 164 Å². The third kappa shape index (κ3) is 5.72. The average Bonchev–Trinajstić information content (AvgIpc) is 3.03. The van der Waals surface area contributed by atoms with Gasteiger partial charge in [0.05, 0.1) is 17.3 Å². The molecule has 11 heteroatoms. The number of carbonyl (C=O) groups excluding carboxylic acids is 1. The van der Waals surface area contributed by atoms with Crippen LogP contribution in [-0.2, 0) is 4.79 Å². The number of guanidine groups is 1. The first-order chi connectivity index (χ1) is 11.1. The number of rotatable bonds is 4. The molecule has 1 saturated carbocycles. The molecule has 0 saturated heterocycles. The number of halogens is 2. The van der Waals surface area contributed by atoms with Crippen molar-refractivity contribution in [3.05, 3.63) is 18.5 Å². The molecule has 26 heavy (non-hydrogen) atoms. The standard InChI is InChI=1S/C15H21N7O.2ClH.H2O/c16-15(17)19-7-9-1-3-10(4-2-9)14(23)21-12-5-6-18-13-11(12)8-20-22-13;;;/h5-6,8-10H,1-4,7H2,(H4,16,17,19)(H2,18,20,21,22,23);2*1H;1H2/t9-,10-;;;. The summed E-state index contributed by atoms with van der Waals surface area (Å²) in [6.45, 7) is 0.712. The van der Waals surface area contributed by atoms with Crippen LogP contribution < -0.4 is 16.4 Å². The van der Waals surface area contributed by atoms with E-state index in [1.54, 1.807) is 18.5 Å². The predicted molar refractivity (Wildman–Crippen MR) is 106 cm³/mol. The summed E-state index contributed by atoms with van der Waals surface area (Å²) in [6.07, 6.45) is 6.97. The molecule has 0 aromatic carbocycles. The van der Waals surface area contributed by atoms with Gasteiger partial charge in [-0.15, -0.1) is 24.8 Å². The van der Waals surface area contributed by atoms with E-state index in [2.05, 4.69) is 25.8 Å². The quantitative estimate of drug-likeness (QED) is 0.380. The Balaban J connectivity index is 0.00000208. The molecule has 2 heterocycles. The van der Waals surface area contributed by atoms with Crippen LogP contribution in [0.15, 0.2) is 18.5 Å². The number of aromatic amines is 1. The number of nitrogens with one attached hydrogen (secondary N) is 4. The minimum atomic E-state index is 0. The lowest BCUT2D eigenvalue weighted by Gasteiger charge is -2.28. The highest BCUT2D eigenvalue weighted by Crippen LogP contribution is 2.30. The van der Waals surface area contributed by atoms with Crippen LogP contribution in [0.1, 0.15) is 25.7 Å². The van der Waals surface area contributed by atoms with Crippen molar-refractivity contribution in [2.24, 2.45) is 17.6 Å². The van der Waals surface area contributed by atoms with Crippen molar-refractivity contribution < 1.29 is 10.3 Å². The number of hydrogen-bond donors (Lipinski definition) is 5. The van der Waals surface area contributed by atoms with Crippen LogP contribution in [0.2, 0.25) is 0 Å². The van der Waals surface area contributed by atoms with E-state index in [4.69, 9.17) is 11.1 Å². The summed E-state index contributed by atoms with van der Waals surface area (Å²) in [5, 5.41) is 20.6. The summed E-state index contributed by atoms with van der Waals surface area (Å²) in [5.74, 6) is 0.562. The van der Waals surface area contributed by atoms with E-state index in [1.165, 1.54) is 0 Å². The summed E-state index contributed by atoms with van der Waals surface area (Å²) in [5.41, 5.74) is 6.72. The molecule has 9 nitrogen and oxygen atoms in total. The minimum Gasteiger partial charge on any atom is -0.412 e. The normalized spacial score (nSPS) is 18.6. The molecule has 146 valence electrons. The van der Waals surface area contributed by atoms with E-state index in [0.717, 1.165) is 36.8 Å². The molecule has 0 atom stereocenters. The lowest BCUT2D eigenvalue weighted by atomic mass is 9.81. The summed E-state index contributed by atoms with van der Waals surface area (Å²) in [6, 6.07) is 1.79. The third-order valence-electron chi connectivity index (χ3n) is 4.41. The van der Waals surface area contributed by atoms with E-state index in [9.17, 15) is 4.79 Å². The Morgan fingerprint density at radius 1 is 1.31 bits per heavy atom. The van der Waals surface area contributed by atoms with Gasteiger partial charge >= 0.3 is 0 Å². The zero-order chi connectivity index (χ0) is 16.2. The molecule has 0 aliphatic heterocycles. The molecule has 0 bridgehead atoms. The fraction of sp³-hybridized carbons (Fsp3) is 0.467. The van der Waals surface area contributed by atoms with Crippen LogP contribution in [-0.4, -0.2) is 39.1 Å². The number of H-pyrrole nitrogens is 1. The maximum atomic E-state index is 12.5. The molecule has 0 spiro atoms. The molecule has 2 aromatic heterocycles. The van der Waals surface area contributed by atoms with Gasteiger partial charge < -0.3 is 21.8 Å². The van der Waals surface area contributed by atoms with Crippen LogP contribution in [0.5, 0.6) is 0 Å². The second kappa shape index (κ2) is 10.8. The summed E-state index contributed by atoms with van der Waals surface area (Å²) >= 11 is 0. The molecule has 1 aliphatic carbocycles. The summed E-state index contributed by atoms with van der Waals surface area (Å²) in [4.78, 5) is 16.6. The largest absolute Gasteiger partial charge is 0.412 e. The van der Waals surface area contributed by atoms with Gasteiger partial charge in [0.15, 0.2) is 11.6 Å². The number of carbonyl (C=O) groups is 1. The number of anilines is 1. The molecule has 2 aromatic rings. The van der Waals surface area contributed by atoms with Gasteiger partial charge in [-0.25, -0.2) is 4.98 Å². The van der Waals surface area contributed by atoms with E-state index >= 15 is 0 Å². The van der Waals surface area contributed by atoms with Crippen molar-refractivity contribution in [1.82, 2.24) is 20.5 Å². The maximum absolute atomic E-state index is 12.5. The number of pyridine rings is 1. The Bertz CT molecular complexity index is 717. The Labute approximate surface area is 163 Å². The van der Waals surface area contributed by atoms with Crippen molar-refractivity contribution in [1.29, 1.82) is 5.41 Å². The van der Waals surface area contributed by atoms with E-state index in [0.29, 0.717) is 18.1 Å². The number of hydrogen-bond acceptors (Lipinski definition) is 4. The van der Waals surface area contributed by atoms with E-state index in [1.807, 2.05) is 0 Å². The number of nitrogens with zero attached hydrogens (tertiary/aromatic N) is 2. The van der Waals surface area contributed by atoms with Crippen LogP contribution in [0.25, 0.3) is 11.0 Å². The molecule has 0 unspecified atom stereocenters. The van der Waals surface area contributed by atoms with Gasteiger partial charge in [-0.05, 0) is 37.7 Å². The lowest BCUT2D eigenvalue weighted by Crippen LogP contribution is -2.36. The summed E-state index contributed by atoms with van der Waals surface area (Å²) < 4.78 is 0. The van der Waals surface area contributed by atoms with E-state index in [-0.39, 0.29) is 48.1 Å². The second-order valence-electron chi connectivity index (χ2n) is 5.99. The van der Waals surface area contributed by atoms with Gasteiger partial charge in [0, 0.05) is 18.7 Å². The second-order valence-corrected chi connectivity index (χ2v) is 5.99. The molecule has 1 amide bonds. The zero-order valence-electron chi connectivity index (χ0n) is 14.1. The molecule has 1 fully saturated rings. The highest BCUT2D eigenvalue weighted by Gasteiger charge is 2.26. The number of amides is 1. The van der Waals surface area contributed by atoms with Crippen LogP contribution in [0.4, 0.5) is 5.69 Å². The SMILES string of the molecule is Cl.Cl.N=C(N)NC[C@H]1CC[C@H](C(=O)Nc2ccnc3[nH]ncc23)CC1.O. The predicted octanol–water partition coefficient (Wildman–Crippen LogP) is 1.20. The highest BCUT2D eigenvalue weighted by molar-refractivity contribution is 6.00. The monoisotopic (exact) mass is 405 g/mol. The van der Waals surface area contributed by atoms with Gasteiger partial charge in [0.1, 0.15) is 0 Å². The van der Waals surface area contributed by atoms with Crippen molar-refractivity contribution in [2.45, 2.75) is 25.7 Å². The van der Waals surface area contributed by atoms with Gasteiger partial charge in [-0.2, -0.15) is 5.10 Å². The summed E-state index contributed by atoms with van der Waals surface area (Å²) in [7, 11) is 0. The maximum Gasteiger partial charge on any atom is 0.227 e. The van der Waals surface area contributed by atoms with Gasteiger partial charge in [0.25, 0.3) is 0 Å². The Hall–Kier alpha value is -2.10. The Kier molecular flexibility index (Phi) is 9.92. The number of nitrogens with two attached hydrogens (primary N) is 1. The molecule has 8 N–H and O–H groups in total. The molecular formula is C15H25Cl2N7O2. The first-order valence-electron chi connectivity index (χ1n) is 7.80. The number of fused-ring (bicyclic) bond motifs is 1. The van der Waals surface area contributed by atoms with Crippen molar-refractivity contribution >= 4 is 53.4 Å². The van der Waals surface area contributed by atoms with Crippen molar-refractivity contribution in [3.63, 3.8) is 0 Å². The van der Waals surface area contributed by atoms with Gasteiger partial charge in [-0.3, -0.25) is 15.3 Å². The van der Waals surface area contributed by atoms with E-state index < -0.39 is 0 Å². The number of aromatic nitrogens is 3. The molecule has 3 rings (SSSR count). The van der Waals surface area contributed by atoms with Crippen LogP contribution >= 0.6 is 24.8 Å². The highest BCUT2D eigenvalue weighted by atomic mass is 35.5. The van der Waals surface area contributed by atoms with Crippen LogP contribution in [0.3, 0.4) is 0 Å². The fourth-order valence-electron chi connectivity index (χ4n) is 3.08. The molecule has 0 radical (unpaired) electrons. The van der Waals surface area contributed by atoms with Crippen LogP contribution in [0, 0.1) is 17.2 Å². The molecular weight excluding hydrogens is 381 g/mol. The average molecular weight is 406 g/mol. The smallest absolute Gasteiger partial charge is 0.227 e. The fourth-order valence-corrected chi connectivity index (χ4v) is 3.08. The van der Waals surface area contributed by atoms with Crippen molar-refractivity contribution in [3.8, 4) is 0 Å². The third-order valence-corrected chi connectivity index (χ3v) is 4.41.